The lowest BCUT2D eigenvalue weighted by molar-refractivity contribution is 0.0696. The Labute approximate surface area is 107 Å². The van der Waals surface area contributed by atoms with Crippen LogP contribution in [0.5, 0.6) is 0 Å². The second-order valence-corrected chi connectivity index (χ2v) is 5.49. The molecule has 0 aliphatic heterocycles. The van der Waals surface area contributed by atoms with Crippen molar-refractivity contribution in [2.45, 2.75) is 38.6 Å². The summed E-state index contributed by atoms with van der Waals surface area (Å²) in [6.07, 6.45) is 1.88. The number of nitrogens with zero attached hydrogens (tertiary/aromatic N) is 1. The predicted octanol–water partition coefficient (Wildman–Crippen LogP) is 3.48. The van der Waals surface area contributed by atoms with Crippen molar-refractivity contribution in [3.8, 4) is 0 Å². The van der Waals surface area contributed by atoms with E-state index in [9.17, 15) is 4.79 Å². The lowest BCUT2D eigenvalue weighted by atomic mass is 10.2. The Bertz CT molecular complexity index is 391. The van der Waals surface area contributed by atoms with E-state index in [1.807, 2.05) is 6.92 Å². The molecule has 0 fully saturated rings. The molecule has 0 amide bonds. The molecule has 0 bridgehead atoms. The van der Waals surface area contributed by atoms with E-state index in [2.05, 4.69) is 18.8 Å². The van der Waals surface area contributed by atoms with Gasteiger partial charge in [0.25, 0.3) is 0 Å². The number of carbonyl (C=O) groups is 1. The molecule has 0 spiro atoms. The molecule has 0 unspecified atom stereocenters. The minimum atomic E-state index is -0.882. The summed E-state index contributed by atoms with van der Waals surface area (Å²) in [5.74, 6) is 0.764. The highest BCUT2D eigenvalue weighted by Gasteiger charge is 2.08. The maximum absolute atomic E-state index is 11.0. The van der Waals surface area contributed by atoms with E-state index in [0.717, 1.165) is 29.3 Å². The van der Waals surface area contributed by atoms with Crippen LogP contribution < -0.4 is 0 Å². The van der Waals surface area contributed by atoms with Crippen molar-refractivity contribution in [3.63, 3.8) is 0 Å². The molecular formula is C13H19NO2S. The fourth-order valence-corrected chi connectivity index (χ4v) is 2.53. The summed E-state index contributed by atoms with van der Waals surface area (Å²) >= 11 is 1.64. The smallest absolute Gasteiger partial charge is 0.335 e. The van der Waals surface area contributed by atoms with Crippen molar-refractivity contribution in [1.29, 1.82) is 0 Å². The predicted molar refractivity (Wildman–Crippen MR) is 70.8 cm³/mol. The molecule has 4 heteroatoms. The molecule has 1 aromatic heterocycles. The third kappa shape index (κ3) is 4.77. The molecule has 1 rings (SSSR count). The van der Waals surface area contributed by atoms with Crippen molar-refractivity contribution < 1.29 is 9.90 Å². The molecule has 1 N–H and O–H groups in total. The van der Waals surface area contributed by atoms with E-state index in [-0.39, 0.29) is 0 Å². The summed E-state index contributed by atoms with van der Waals surface area (Å²) < 4.78 is 0. The summed E-state index contributed by atoms with van der Waals surface area (Å²) in [6.45, 7) is 6.34. The van der Waals surface area contributed by atoms with Gasteiger partial charge in [-0.15, -0.1) is 11.8 Å². The quantitative estimate of drug-likeness (QED) is 0.789. The van der Waals surface area contributed by atoms with Crippen LogP contribution in [0, 0.1) is 5.92 Å². The molecule has 0 aliphatic rings. The number of rotatable bonds is 6. The maximum Gasteiger partial charge on any atom is 0.335 e. The standard InChI is InChI=1S/C13H19NO2S/c1-4-11-7-10(13(15)16)8-12(14-11)17-6-5-9(2)3/h7-9H,4-6H2,1-3H3,(H,15,16). The number of aromatic carboxylic acids is 1. The zero-order valence-electron chi connectivity index (χ0n) is 10.6. The van der Waals surface area contributed by atoms with Crippen molar-refractivity contribution in [1.82, 2.24) is 4.98 Å². The first-order valence-electron chi connectivity index (χ1n) is 5.90. The Kier molecular flexibility index (Phi) is 5.48. The number of aryl methyl sites for hydroxylation is 1. The maximum atomic E-state index is 11.0. The summed E-state index contributed by atoms with van der Waals surface area (Å²) in [6, 6.07) is 3.31. The van der Waals surface area contributed by atoms with Crippen LogP contribution >= 0.6 is 11.8 Å². The molecular weight excluding hydrogens is 234 g/mol. The first-order chi connectivity index (χ1) is 8.02. The first-order valence-corrected chi connectivity index (χ1v) is 6.88. The Hall–Kier alpha value is -1.03. The van der Waals surface area contributed by atoms with E-state index in [4.69, 9.17) is 5.11 Å². The van der Waals surface area contributed by atoms with Gasteiger partial charge in [0.05, 0.1) is 10.6 Å². The van der Waals surface area contributed by atoms with Crippen LogP contribution in [0.4, 0.5) is 0 Å². The number of hydrogen-bond donors (Lipinski definition) is 1. The molecule has 0 saturated carbocycles. The normalized spacial score (nSPS) is 10.8. The van der Waals surface area contributed by atoms with Crippen LogP contribution in [0.1, 0.15) is 43.2 Å². The van der Waals surface area contributed by atoms with Gasteiger partial charge in [-0.05, 0) is 36.6 Å². The van der Waals surface area contributed by atoms with E-state index >= 15 is 0 Å². The van der Waals surface area contributed by atoms with Crippen LogP contribution in [-0.2, 0) is 6.42 Å². The fraction of sp³-hybridized carbons (Fsp3) is 0.538. The molecule has 3 nitrogen and oxygen atoms in total. The topological polar surface area (TPSA) is 50.2 Å². The van der Waals surface area contributed by atoms with E-state index in [0.29, 0.717) is 11.5 Å². The average molecular weight is 253 g/mol. The molecule has 17 heavy (non-hydrogen) atoms. The van der Waals surface area contributed by atoms with Crippen molar-refractivity contribution in [3.05, 3.63) is 23.4 Å². The number of aromatic nitrogens is 1. The number of pyridine rings is 1. The van der Waals surface area contributed by atoms with E-state index in [1.165, 1.54) is 0 Å². The molecule has 0 atom stereocenters. The van der Waals surface area contributed by atoms with Gasteiger partial charge < -0.3 is 5.11 Å². The van der Waals surface area contributed by atoms with Crippen LogP contribution in [0.25, 0.3) is 0 Å². The highest BCUT2D eigenvalue weighted by molar-refractivity contribution is 7.99. The largest absolute Gasteiger partial charge is 0.478 e. The van der Waals surface area contributed by atoms with Gasteiger partial charge >= 0.3 is 5.97 Å². The van der Waals surface area contributed by atoms with Crippen LogP contribution in [0.2, 0.25) is 0 Å². The molecule has 0 saturated heterocycles. The summed E-state index contributed by atoms with van der Waals surface area (Å²) in [5.41, 5.74) is 1.18. The highest BCUT2D eigenvalue weighted by atomic mass is 32.2. The Balaban J connectivity index is 2.76. The van der Waals surface area contributed by atoms with Gasteiger partial charge in [0.15, 0.2) is 0 Å². The van der Waals surface area contributed by atoms with Crippen LogP contribution in [0.15, 0.2) is 17.2 Å². The van der Waals surface area contributed by atoms with Crippen LogP contribution in [0.3, 0.4) is 0 Å². The molecule has 0 aromatic carbocycles. The van der Waals surface area contributed by atoms with Crippen molar-refractivity contribution in [2.75, 3.05) is 5.75 Å². The van der Waals surface area contributed by atoms with Gasteiger partial charge in [-0.25, -0.2) is 9.78 Å². The monoisotopic (exact) mass is 253 g/mol. The lowest BCUT2D eigenvalue weighted by Gasteiger charge is -2.06. The fourth-order valence-electron chi connectivity index (χ4n) is 1.34. The minimum absolute atomic E-state index is 0.337. The van der Waals surface area contributed by atoms with Gasteiger partial charge in [-0.2, -0.15) is 0 Å². The second-order valence-electron chi connectivity index (χ2n) is 4.38. The van der Waals surface area contributed by atoms with Gasteiger partial charge in [0, 0.05) is 5.69 Å². The Morgan fingerprint density at radius 1 is 1.47 bits per heavy atom. The van der Waals surface area contributed by atoms with E-state index < -0.39 is 5.97 Å². The third-order valence-electron chi connectivity index (χ3n) is 2.41. The van der Waals surface area contributed by atoms with Crippen molar-refractivity contribution >= 4 is 17.7 Å². The zero-order chi connectivity index (χ0) is 12.8. The molecule has 0 radical (unpaired) electrons. The zero-order valence-corrected chi connectivity index (χ0v) is 11.4. The van der Waals surface area contributed by atoms with Crippen molar-refractivity contribution in [2.24, 2.45) is 5.92 Å². The average Bonchev–Trinajstić information content (AvgIpc) is 2.28. The van der Waals surface area contributed by atoms with Gasteiger partial charge in [-0.3, -0.25) is 0 Å². The Morgan fingerprint density at radius 3 is 2.71 bits per heavy atom. The van der Waals surface area contributed by atoms with Crippen LogP contribution in [-0.4, -0.2) is 21.8 Å². The van der Waals surface area contributed by atoms with E-state index in [1.54, 1.807) is 23.9 Å². The second kappa shape index (κ2) is 6.64. The number of hydrogen-bond acceptors (Lipinski definition) is 3. The molecule has 94 valence electrons. The summed E-state index contributed by atoms with van der Waals surface area (Å²) in [4.78, 5) is 15.4. The minimum Gasteiger partial charge on any atom is -0.478 e. The summed E-state index contributed by atoms with van der Waals surface area (Å²) in [7, 11) is 0. The first kappa shape index (κ1) is 14.0. The third-order valence-corrected chi connectivity index (χ3v) is 3.35. The van der Waals surface area contributed by atoms with Gasteiger partial charge in [-0.1, -0.05) is 20.8 Å². The lowest BCUT2D eigenvalue weighted by Crippen LogP contribution is -2.01. The van der Waals surface area contributed by atoms with Gasteiger partial charge in [0.2, 0.25) is 0 Å². The Morgan fingerprint density at radius 2 is 2.18 bits per heavy atom. The highest BCUT2D eigenvalue weighted by Crippen LogP contribution is 2.20. The molecule has 1 heterocycles. The number of carboxylic acids is 1. The SMILES string of the molecule is CCc1cc(C(=O)O)cc(SCCC(C)C)n1. The molecule has 1 aromatic rings. The number of thioether (sulfide) groups is 1. The summed E-state index contributed by atoms with van der Waals surface area (Å²) in [5, 5.41) is 9.83. The molecule has 0 aliphatic carbocycles. The number of carboxylic acid groups (broad SMARTS) is 1. The van der Waals surface area contributed by atoms with Gasteiger partial charge in [0.1, 0.15) is 0 Å².